The van der Waals surface area contributed by atoms with Gasteiger partial charge in [-0.15, -0.1) is 0 Å². The summed E-state index contributed by atoms with van der Waals surface area (Å²) in [4.78, 5) is 7.18. The van der Waals surface area contributed by atoms with Gasteiger partial charge in [0.25, 0.3) is 0 Å². The number of piperidine rings is 1. The van der Waals surface area contributed by atoms with Crippen LogP contribution in [0.1, 0.15) is 31.9 Å². The molecule has 18 heavy (non-hydrogen) atoms. The van der Waals surface area contributed by atoms with E-state index in [1.165, 1.54) is 19.3 Å². The van der Waals surface area contributed by atoms with Crippen LogP contribution in [0.25, 0.3) is 5.65 Å². The number of fused-ring (bicyclic) bond motifs is 1. The van der Waals surface area contributed by atoms with E-state index in [2.05, 4.69) is 16.2 Å². The quantitative estimate of drug-likeness (QED) is 0.880. The molecule has 4 nitrogen and oxygen atoms in total. The number of nitrogens with two attached hydrogens (primary N) is 1. The van der Waals surface area contributed by atoms with Gasteiger partial charge in [0.1, 0.15) is 5.65 Å². The molecule has 1 unspecified atom stereocenters. The maximum Gasteiger partial charge on any atom is 0.152 e. The number of aromatic nitrogens is 2. The normalized spacial score (nSPS) is 20.6. The number of hydrogen-bond donors (Lipinski definition) is 1. The van der Waals surface area contributed by atoms with Gasteiger partial charge in [-0.2, -0.15) is 0 Å². The van der Waals surface area contributed by atoms with Crippen LogP contribution in [-0.2, 0) is 6.54 Å². The van der Waals surface area contributed by atoms with E-state index in [9.17, 15) is 0 Å². The number of imidazole rings is 1. The van der Waals surface area contributed by atoms with Crippen LogP contribution in [-0.4, -0.2) is 22.0 Å². The Morgan fingerprint density at radius 1 is 1.39 bits per heavy atom. The topological polar surface area (TPSA) is 46.6 Å². The first-order valence-electron chi connectivity index (χ1n) is 6.74. The molecule has 2 aromatic heterocycles. The third-order valence-electron chi connectivity index (χ3n) is 3.88. The highest BCUT2D eigenvalue weighted by Gasteiger charge is 2.23. The van der Waals surface area contributed by atoms with Gasteiger partial charge in [-0.25, -0.2) is 4.98 Å². The maximum atomic E-state index is 5.93. The van der Waals surface area contributed by atoms with E-state index < -0.39 is 0 Å². The largest absolute Gasteiger partial charge is 0.352 e. The Kier molecular flexibility index (Phi) is 2.96. The van der Waals surface area contributed by atoms with Gasteiger partial charge < -0.3 is 15.0 Å². The number of anilines is 1. The first-order valence-corrected chi connectivity index (χ1v) is 6.74. The van der Waals surface area contributed by atoms with Crippen molar-refractivity contribution in [2.75, 3.05) is 11.4 Å². The molecule has 1 aliphatic heterocycles. The molecule has 0 bridgehead atoms. The van der Waals surface area contributed by atoms with E-state index in [1.807, 2.05) is 24.4 Å². The van der Waals surface area contributed by atoms with Crippen molar-refractivity contribution in [3.05, 3.63) is 30.1 Å². The summed E-state index contributed by atoms with van der Waals surface area (Å²) in [6.07, 6.45) is 5.87. The number of nitrogens with zero attached hydrogens (tertiary/aromatic N) is 3. The monoisotopic (exact) mass is 244 g/mol. The highest BCUT2D eigenvalue weighted by atomic mass is 15.3. The van der Waals surface area contributed by atoms with Crippen molar-refractivity contribution < 1.29 is 0 Å². The maximum absolute atomic E-state index is 5.93. The molecule has 4 heteroatoms. The number of rotatable bonds is 2. The predicted molar refractivity (Wildman–Crippen MR) is 73.7 cm³/mol. The van der Waals surface area contributed by atoms with Crippen molar-refractivity contribution in [2.45, 2.75) is 38.8 Å². The molecule has 0 aromatic carbocycles. The zero-order valence-corrected chi connectivity index (χ0v) is 10.8. The Hall–Kier alpha value is -1.55. The second kappa shape index (κ2) is 4.61. The second-order valence-electron chi connectivity index (χ2n) is 5.05. The van der Waals surface area contributed by atoms with Gasteiger partial charge >= 0.3 is 0 Å². The van der Waals surface area contributed by atoms with E-state index in [4.69, 9.17) is 10.7 Å². The van der Waals surface area contributed by atoms with Gasteiger partial charge in [-0.05, 0) is 38.3 Å². The Balaban J connectivity index is 2.10. The van der Waals surface area contributed by atoms with Gasteiger partial charge in [0.2, 0.25) is 0 Å². The smallest absolute Gasteiger partial charge is 0.152 e. The third kappa shape index (κ3) is 1.77. The summed E-state index contributed by atoms with van der Waals surface area (Å²) in [7, 11) is 0. The lowest BCUT2D eigenvalue weighted by Gasteiger charge is -2.34. The molecule has 0 amide bonds. The molecule has 2 aromatic rings. The molecule has 96 valence electrons. The fourth-order valence-electron chi connectivity index (χ4n) is 2.87. The van der Waals surface area contributed by atoms with Crippen molar-refractivity contribution >= 4 is 11.5 Å². The van der Waals surface area contributed by atoms with Crippen LogP contribution in [0, 0.1) is 0 Å². The van der Waals surface area contributed by atoms with Crippen LogP contribution < -0.4 is 10.6 Å². The molecular formula is C14H20N4. The van der Waals surface area contributed by atoms with E-state index >= 15 is 0 Å². The Morgan fingerprint density at radius 3 is 3.06 bits per heavy atom. The van der Waals surface area contributed by atoms with Gasteiger partial charge in [-0.3, -0.25) is 0 Å². The van der Waals surface area contributed by atoms with Gasteiger partial charge in [0.15, 0.2) is 5.82 Å². The number of hydrogen-bond acceptors (Lipinski definition) is 3. The summed E-state index contributed by atoms with van der Waals surface area (Å²) >= 11 is 0. The Bertz CT molecular complexity index is 546. The van der Waals surface area contributed by atoms with Crippen LogP contribution in [0.5, 0.6) is 0 Å². The van der Waals surface area contributed by atoms with Crippen molar-refractivity contribution in [2.24, 2.45) is 5.73 Å². The Labute approximate surface area is 107 Å². The van der Waals surface area contributed by atoms with Crippen LogP contribution in [0.15, 0.2) is 24.4 Å². The summed E-state index contributed by atoms with van der Waals surface area (Å²) in [6.45, 7) is 3.91. The fourth-order valence-corrected chi connectivity index (χ4v) is 2.87. The van der Waals surface area contributed by atoms with Crippen LogP contribution >= 0.6 is 0 Å². The lowest BCUT2D eigenvalue weighted by molar-refractivity contribution is 0.480. The van der Waals surface area contributed by atoms with Gasteiger partial charge in [-0.1, -0.05) is 6.07 Å². The molecule has 1 aliphatic rings. The molecule has 1 fully saturated rings. The molecule has 0 saturated carbocycles. The standard InChI is InChI=1S/C14H20N4/c1-11-6-2-4-8-17(11)14-12(10-15)18-9-5-3-7-13(18)16-14/h3,5,7,9,11H,2,4,6,8,10,15H2,1H3. The molecule has 1 saturated heterocycles. The van der Waals surface area contributed by atoms with E-state index in [0.717, 1.165) is 23.7 Å². The molecule has 1 atom stereocenters. The van der Waals surface area contributed by atoms with E-state index in [0.29, 0.717) is 12.6 Å². The Morgan fingerprint density at radius 2 is 2.28 bits per heavy atom. The summed E-state index contributed by atoms with van der Waals surface area (Å²) in [5.74, 6) is 1.08. The highest BCUT2D eigenvalue weighted by molar-refractivity contribution is 5.56. The lowest BCUT2D eigenvalue weighted by Crippen LogP contribution is -2.38. The summed E-state index contributed by atoms with van der Waals surface area (Å²) in [5.41, 5.74) is 8.04. The van der Waals surface area contributed by atoms with E-state index in [1.54, 1.807) is 0 Å². The van der Waals surface area contributed by atoms with E-state index in [-0.39, 0.29) is 0 Å². The first kappa shape index (κ1) is 11.5. The van der Waals surface area contributed by atoms with Crippen LogP contribution in [0.2, 0.25) is 0 Å². The highest BCUT2D eigenvalue weighted by Crippen LogP contribution is 2.27. The molecular weight excluding hydrogens is 224 g/mol. The minimum Gasteiger partial charge on any atom is -0.352 e. The van der Waals surface area contributed by atoms with Gasteiger partial charge in [0, 0.05) is 25.3 Å². The van der Waals surface area contributed by atoms with Crippen molar-refractivity contribution in [1.82, 2.24) is 9.38 Å². The predicted octanol–water partition coefficient (Wildman–Crippen LogP) is 2.17. The van der Waals surface area contributed by atoms with Gasteiger partial charge in [0.05, 0.1) is 5.69 Å². The average Bonchev–Trinajstić information content (AvgIpc) is 2.77. The fraction of sp³-hybridized carbons (Fsp3) is 0.500. The van der Waals surface area contributed by atoms with Crippen LogP contribution in [0.4, 0.5) is 5.82 Å². The lowest BCUT2D eigenvalue weighted by atomic mass is 10.0. The van der Waals surface area contributed by atoms with Crippen molar-refractivity contribution in [3.63, 3.8) is 0 Å². The number of pyridine rings is 1. The summed E-state index contributed by atoms with van der Waals surface area (Å²) in [5, 5.41) is 0. The molecule has 0 aliphatic carbocycles. The zero-order chi connectivity index (χ0) is 12.5. The molecule has 2 N–H and O–H groups in total. The first-order chi connectivity index (χ1) is 8.81. The average molecular weight is 244 g/mol. The molecule has 0 spiro atoms. The van der Waals surface area contributed by atoms with Crippen molar-refractivity contribution in [3.8, 4) is 0 Å². The zero-order valence-electron chi connectivity index (χ0n) is 10.8. The molecule has 3 rings (SSSR count). The van der Waals surface area contributed by atoms with Crippen molar-refractivity contribution in [1.29, 1.82) is 0 Å². The minimum absolute atomic E-state index is 0.531. The SMILES string of the molecule is CC1CCCCN1c1nc2ccccn2c1CN. The third-order valence-corrected chi connectivity index (χ3v) is 3.88. The summed E-state index contributed by atoms with van der Waals surface area (Å²) < 4.78 is 2.11. The molecule has 0 radical (unpaired) electrons. The minimum atomic E-state index is 0.531. The van der Waals surface area contributed by atoms with Crippen LogP contribution in [0.3, 0.4) is 0 Å². The second-order valence-corrected chi connectivity index (χ2v) is 5.05. The summed E-state index contributed by atoms with van der Waals surface area (Å²) in [6, 6.07) is 6.65. The molecule has 3 heterocycles.